The second-order valence-corrected chi connectivity index (χ2v) is 15.2. The monoisotopic (exact) mass is 720 g/mol. The molecule has 0 aliphatic heterocycles. The normalized spacial score (nSPS) is 11.8. The first-order valence-electron chi connectivity index (χ1n) is 19.5. The summed E-state index contributed by atoms with van der Waals surface area (Å²) in [4.78, 5) is 0. The molecule has 0 spiro atoms. The van der Waals surface area contributed by atoms with E-state index in [2.05, 4.69) is 180 Å². The molecule has 11 aromatic carbocycles. The predicted octanol–water partition coefficient (Wildman–Crippen LogP) is 14.9. The van der Waals surface area contributed by atoms with Crippen molar-refractivity contribution in [3.8, 4) is 34.0 Å². The number of fused-ring (bicyclic) bond motifs is 15. The highest BCUT2D eigenvalue weighted by Gasteiger charge is 2.21. The molecule has 0 aliphatic rings. The predicted molar refractivity (Wildman–Crippen MR) is 241 cm³/mol. The molecule has 0 saturated carbocycles. The lowest BCUT2D eigenvalue weighted by Crippen LogP contribution is -1.94. The maximum atomic E-state index is 9.24. The van der Waals surface area contributed by atoms with Gasteiger partial charge in [-0.1, -0.05) is 140 Å². The number of hydrogen-bond donors (Lipinski definition) is 0. The molecule has 12 rings (SSSR count). The van der Waals surface area contributed by atoms with Gasteiger partial charge in [0, 0.05) is 21.8 Å². The maximum absolute atomic E-state index is 9.24. The molecule has 0 fully saturated rings. The Morgan fingerprint density at radius 2 is 0.807 bits per heavy atom. The summed E-state index contributed by atoms with van der Waals surface area (Å²) in [7, 11) is 0. The van der Waals surface area contributed by atoms with Crippen LogP contribution in [0.2, 0.25) is 0 Å². The molecule has 0 bridgehead atoms. The van der Waals surface area contributed by atoms with Crippen molar-refractivity contribution in [2.24, 2.45) is 0 Å². The summed E-state index contributed by atoms with van der Waals surface area (Å²) in [5.74, 6) is 0. The fraction of sp³-hybridized carbons (Fsp3) is 0. The van der Waals surface area contributed by atoms with Gasteiger partial charge in [-0.15, -0.1) is 0 Å². The molecule has 0 aliphatic carbocycles. The van der Waals surface area contributed by atoms with E-state index in [1.54, 1.807) is 0 Å². The molecular formula is C55H32N2. The van der Waals surface area contributed by atoms with Gasteiger partial charge in [-0.25, -0.2) is 0 Å². The Labute approximate surface area is 328 Å². The Morgan fingerprint density at radius 1 is 0.333 bits per heavy atom. The second-order valence-electron chi connectivity index (χ2n) is 15.2. The standard InChI is InChI=1S/C55H32N2/c56-33-34-18-20-35(21-19-34)36-22-23-38-29-39(25-24-37(38)28-36)40-26-27-46-49(30-40)44-14-4-5-15-45(44)50-31-52-53(32-51(46)50)57(41-10-2-1-3-11-41)55-48-17-9-7-13-43(48)42-12-6-8-16-47(42)54(52)55/h1-32H. The van der Waals surface area contributed by atoms with E-state index in [-0.39, 0.29) is 0 Å². The van der Waals surface area contributed by atoms with E-state index in [0.29, 0.717) is 5.56 Å². The van der Waals surface area contributed by atoms with Crippen molar-refractivity contribution in [1.82, 2.24) is 4.57 Å². The number of para-hydroxylation sites is 1. The van der Waals surface area contributed by atoms with E-state index in [1.807, 2.05) is 24.3 Å². The van der Waals surface area contributed by atoms with Crippen molar-refractivity contribution in [2.75, 3.05) is 0 Å². The Hall–Kier alpha value is -7.73. The maximum Gasteiger partial charge on any atom is 0.0991 e. The van der Waals surface area contributed by atoms with Gasteiger partial charge in [0.25, 0.3) is 0 Å². The largest absolute Gasteiger partial charge is 0.309 e. The second kappa shape index (κ2) is 12.1. The number of aromatic nitrogens is 1. The molecule has 262 valence electrons. The Morgan fingerprint density at radius 3 is 1.47 bits per heavy atom. The molecule has 0 atom stereocenters. The van der Waals surface area contributed by atoms with E-state index in [0.717, 1.165) is 16.8 Å². The van der Waals surface area contributed by atoms with Crippen molar-refractivity contribution >= 4 is 86.4 Å². The van der Waals surface area contributed by atoms with Crippen molar-refractivity contribution in [3.05, 3.63) is 200 Å². The van der Waals surface area contributed by atoms with Gasteiger partial charge in [-0.05, 0) is 136 Å². The molecule has 2 nitrogen and oxygen atoms in total. The summed E-state index contributed by atoms with van der Waals surface area (Å²) < 4.78 is 2.50. The van der Waals surface area contributed by atoms with Gasteiger partial charge in [0.15, 0.2) is 0 Å². The van der Waals surface area contributed by atoms with Gasteiger partial charge in [0.05, 0.1) is 22.7 Å². The molecule has 1 aromatic heterocycles. The van der Waals surface area contributed by atoms with Gasteiger partial charge in [-0.2, -0.15) is 5.26 Å². The zero-order chi connectivity index (χ0) is 37.6. The first-order valence-corrected chi connectivity index (χ1v) is 19.5. The van der Waals surface area contributed by atoms with Gasteiger partial charge >= 0.3 is 0 Å². The van der Waals surface area contributed by atoms with Crippen molar-refractivity contribution < 1.29 is 0 Å². The van der Waals surface area contributed by atoms with Crippen molar-refractivity contribution in [3.63, 3.8) is 0 Å². The third kappa shape index (κ3) is 4.70. The van der Waals surface area contributed by atoms with Crippen molar-refractivity contribution in [2.45, 2.75) is 0 Å². The van der Waals surface area contributed by atoms with Gasteiger partial charge in [-0.3, -0.25) is 0 Å². The lowest BCUT2D eigenvalue weighted by Gasteiger charge is -2.14. The lowest BCUT2D eigenvalue weighted by molar-refractivity contribution is 1.19. The van der Waals surface area contributed by atoms with E-state index in [4.69, 9.17) is 0 Å². The highest BCUT2D eigenvalue weighted by Crippen LogP contribution is 2.46. The van der Waals surface area contributed by atoms with Crippen LogP contribution in [-0.4, -0.2) is 4.57 Å². The highest BCUT2D eigenvalue weighted by molar-refractivity contribution is 6.35. The van der Waals surface area contributed by atoms with E-state index < -0.39 is 0 Å². The van der Waals surface area contributed by atoms with Crippen molar-refractivity contribution in [1.29, 1.82) is 5.26 Å². The minimum atomic E-state index is 0.673. The smallest absolute Gasteiger partial charge is 0.0991 e. The Bertz CT molecular complexity index is 3680. The van der Waals surface area contributed by atoms with Gasteiger partial charge in [0.2, 0.25) is 0 Å². The Kier molecular flexibility index (Phi) is 6.73. The molecule has 1 heterocycles. The molecular weight excluding hydrogens is 689 g/mol. The average Bonchev–Trinajstić information content (AvgIpc) is 3.63. The van der Waals surface area contributed by atoms with Gasteiger partial charge in [0.1, 0.15) is 0 Å². The minimum absolute atomic E-state index is 0.673. The van der Waals surface area contributed by atoms with Crippen LogP contribution in [0.4, 0.5) is 0 Å². The third-order valence-corrected chi connectivity index (χ3v) is 12.1. The van der Waals surface area contributed by atoms with Gasteiger partial charge < -0.3 is 4.57 Å². The summed E-state index contributed by atoms with van der Waals surface area (Å²) in [6.07, 6.45) is 0. The summed E-state index contributed by atoms with van der Waals surface area (Å²) in [5, 5.41) is 26.8. The molecule has 0 radical (unpaired) electrons. The van der Waals surface area contributed by atoms with E-state index >= 15 is 0 Å². The number of nitrogens with zero attached hydrogens (tertiary/aromatic N) is 2. The molecule has 0 unspecified atom stereocenters. The zero-order valence-corrected chi connectivity index (χ0v) is 30.9. The fourth-order valence-corrected chi connectivity index (χ4v) is 9.49. The first kappa shape index (κ1) is 31.6. The summed E-state index contributed by atoms with van der Waals surface area (Å²) in [5.41, 5.74) is 8.93. The quantitative estimate of drug-likeness (QED) is 0.167. The number of benzene rings is 11. The molecule has 0 saturated heterocycles. The fourth-order valence-electron chi connectivity index (χ4n) is 9.49. The highest BCUT2D eigenvalue weighted by atomic mass is 15.0. The van der Waals surface area contributed by atoms with Crippen LogP contribution in [-0.2, 0) is 0 Å². The van der Waals surface area contributed by atoms with Crippen LogP contribution in [0.5, 0.6) is 0 Å². The van der Waals surface area contributed by atoms with Crippen LogP contribution in [0.1, 0.15) is 5.56 Å². The molecule has 0 amide bonds. The van der Waals surface area contributed by atoms with Crippen LogP contribution in [0.15, 0.2) is 194 Å². The molecule has 12 aromatic rings. The van der Waals surface area contributed by atoms with Crippen LogP contribution < -0.4 is 0 Å². The van der Waals surface area contributed by atoms with E-state index in [9.17, 15) is 5.26 Å². The number of rotatable bonds is 3. The molecule has 2 heteroatoms. The van der Waals surface area contributed by atoms with Crippen LogP contribution in [0.25, 0.3) is 114 Å². The van der Waals surface area contributed by atoms with Crippen LogP contribution in [0.3, 0.4) is 0 Å². The first-order chi connectivity index (χ1) is 28.2. The zero-order valence-electron chi connectivity index (χ0n) is 30.9. The topological polar surface area (TPSA) is 28.7 Å². The summed E-state index contributed by atoms with van der Waals surface area (Å²) in [6.45, 7) is 0. The number of nitriles is 1. The van der Waals surface area contributed by atoms with E-state index in [1.165, 1.54) is 97.6 Å². The average molecular weight is 721 g/mol. The van der Waals surface area contributed by atoms with Crippen LogP contribution in [0, 0.1) is 11.3 Å². The molecule has 0 N–H and O–H groups in total. The lowest BCUT2D eigenvalue weighted by atomic mass is 9.90. The summed E-state index contributed by atoms with van der Waals surface area (Å²) >= 11 is 0. The third-order valence-electron chi connectivity index (χ3n) is 12.1. The van der Waals surface area contributed by atoms with Crippen LogP contribution >= 0.6 is 0 Å². The Balaban J connectivity index is 1.11. The SMILES string of the molecule is N#Cc1ccc(-c2ccc3cc(-c4ccc5c(c4)c4ccccc4c4cc6c7c8ccccc8c8ccccc8c7n(-c7ccccc7)c6cc54)ccc3c2)cc1. The summed E-state index contributed by atoms with van der Waals surface area (Å²) in [6, 6.07) is 72.9. The number of hydrogen-bond acceptors (Lipinski definition) is 1. The minimum Gasteiger partial charge on any atom is -0.309 e. The molecule has 57 heavy (non-hydrogen) atoms.